The first-order chi connectivity index (χ1) is 8.15. The second-order valence-corrected chi connectivity index (χ2v) is 5.22. The number of aryl methyl sites for hydroxylation is 2. The van der Waals surface area contributed by atoms with Crippen molar-refractivity contribution in [2.45, 2.75) is 39.5 Å². The molecule has 2 aromatic heterocycles. The summed E-state index contributed by atoms with van der Waals surface area (Å²) in [7, 11) is 0. The van der Waals surface area contributed by atoms with Gasteiger partial charge < -0.3 is 5.73 Å². The molecule has 0 amide bonds. The summed E-state index contributed by atoms with van der Waals surface area (Å²) in [5, 5.41) is 0. The molecule has 0 saturated heterocycles. The minimum atomic E-state index is 0.669. The van der Waals surface area contributed by atoms with Crippen molar-refractivity contribution in [1.82, 2.24) is 9.38 Å². The number of nitrogens with zero attached hydrogens (tertiary/aromatic N) is 2. The fourth-order valence-electron chi connectivity index (χ4n) is 2.13. The highest BCUT2D eigenvalue weighted by atomic mass is 79.9. The van der Waals surface area contributed by atoms with Gasteiger partial charge >= 0.3 is 0 Å². The van der Waals surface area contributed by atoms with Crippen molar-refractivity contribution in [3.63, 3.8) is 0 Å². The van der Waals surface area contributed by atoms with Crippen LogP contribution in [0.1, 0.15) is 37.6 Å². The van der Waals surface area contributed by atoms with Gasteiger partial charge in [-0.2, -0.15) is 0 Å². The van der Waals surface area contributed by atoms with Crippen molar-refractivity contribution in [3.05, 3.63) is 28.0 Å². The Balaban J connectivity index is 2.46. The maximum Gasteiger partial charge on any atom is 0.145 e. The Bertz CT molecular complexity index is 531. The summed E-state index contributed by atoms with van der Waals surface area (Å²) in [4.78, 5) is 4.41. The molecule has 0 aliphatic carbocycles. The number of hydrogen-bond donors (Lipinski definition) is 1. The largest absolute Gasteiger partial charge is 0.382 e. The van der Waals surface area contributed by atoms with Crippen LogP contribution < -0.4 is 5.73 Å². The zero-order valence-corrected chi connectivity index (χ0v) is 11.9. The van der Waals surface area contributed by atoms with Crippen LogP contribution >= 0.6 is 15.9 Å². The average molecular weight is 296 g/mol. The van der Waals surface area contributed by atoms with E-state index in [0.717, 1.165) is 27.9 Å². The number of anilines is 1. The predicted molar refractivity (Wildman–Crippen MR) is 75.3 cm³/mol. The van der Waals surface area contributed by atoms with Gasteiger partial charge in [-0.1, -0.05) is 19.8 Å². The van der Waals surface area contributed by atoms with Crippen molar-refractivity contribution in [3.8, 4) is 0 Å². The third-order valence-corrected chi connectivity index (χ3v) is 3.94. The van der Waals surface area contributed by atoms with Crippen molar-refractivity contribution >= 4 is 27.4 Å². The molecule has 92 valence electrons. The number of aromatic nitrogens is 2. The van der Waals surface area contributed by atoms with Crippen LogP contribution in [0.4, 0.5) is 5.82 Å². The molecule has 0 aliphatic heterocycles. The number of pyridine rings is 1. The zero-order chi connectivity index (χ0) is 12.4. The highest BCUT2D eigenvalue weighted by Crippen LogP contribution is 2.24. The Labute approximate surface area is 110 Å². The molecule has 2 N–H and O–H groups in total. The van der Waals surface area contributed by atoms with E-state index in [1.807, 2.05) is 12.1 Å². The van der Waals surface area contributed by atoms with Gasteiger partial charge in [-0.25, -0.2) is 4.98 Å². The standard InChI is InChI=1S/C13H18BrN3/c1-3-4-5-6-11-13(15)16-12-8-7-10(14)9(2)17(11)12/h7-8H,3-6,15H2,1-2H3. The number of unbranched alkanes of at least 4 members (excludes halogenated alkanes) is 2. The summed E-state index contributed by atoms with van der Waals surface area (Å²) in [5.41, 5.74) is 9.26. The molecule has 0 aromatic carbocycles. The van der Waals surface area contributed by atoms with E-state index in [1.54, 1.807) is 0 Å². The Hall–Kier alpha value is -1.03. The maximum absolute atomic E-state index is 6.01. The van der Waals surface area contributed by atoms with Crippen LogP contribution in [0.3, 0.4) is 0 Å². The maximum atomic E-state index is 6.01. The molecule has 0 radical (unpaired) electrons. The van der Waals surface area contributed by atoms with Crippen molar-refractivity contribution in [2.24, 2.45) is 0 Å². The molecule has 4 heteroatoms. The lowest BCUT2D eigenvalue weighted by Crippen LogP contribution is -2.00. The van der Waals surface area contributed by atoms with E-state index in [-0.39, 0.29) is 0 Å². The third kappa shape index (κ3) is 2.32. The normalized spacial score (nSPS) is 11.2. The molecule has 0 fully saturated rings. The van der Waals surface area contributed by atoms with Gasteiger partial charge in [0.15, 0.2) is 0 Å². The second-order valence-electron chi connectivity index (χ2n) is 4.36. The summed E-state index contributed by atoms with van der Waals surface area (Å²) in [6, 6.07) is 4.02. The third-order valence-electron chi connectivity index (χ3n) is 3.11. The van der Waals surface area contributed by atoms with Crippen LogP contribution in [0.2, 0.25) is 0 Å². The van der Waals surface area contributed by atoms with Gasteiger partial charge in [0.25, 0.3) is 0 Å². The topological polar surface area (TPSA) is 43.3 Å². The number of rotatable bonds is 4. The molecule has 2 rings (SSSR count). The van der Waals surface area contributed by atoms with Crippen molar-refractivity contribution in [1.29, 1.82) is 0 Å². The number of nitrogens with two attached hydrogens (primary N) is 1. The minimum Gasteiger partial charge on any atom is -0.382 e. The van der Waals surface area contributed by atoms with E-state index in [9.17, 15) is 0 Å². The number of imidazole rings is 1. The minimum absolute atomic E-state index is 0.669. The lowest BCUT2D eigenvalue weighted by atomic mass is 10.1. The zero-order valence-electron chi connectivity index (χ0n) is 10.3. The molecule has 17 heavy (non-hydrogen) atoms. The van der Waals surface area contributed by atoms with E-state index < -0.39 is 0 Å². The molecule has 0 atom stereocenters. The number of hydrogen-bond acceptors (Lipinski definition) is 2. The lowest BCUT2D eigenvalue weighted by Gasteiger charge is -2.07. The van der Waals surface area contributed by atoms with Gasteiger partial charge in [0.05, 0.1) is 5.69 Å². The summed E-state index contributed by atoms with van der Waals surface area (Å²) in [6.07, 6.45) is 4.62. The SMILES string of the molecule is CCCCCc1c(N)nc2ccc(Br)c(C)n12. The highest BCUT2D eigenvalue weighted by Gasteiger charge is 2.12. The van der Waals surface area contributed by atoms with E-state index in [1.165, 1.54) is 19.3 Å². The number of halogens is 1. The average Bonchev–Trinajstić information content (AvgIpc) is 2.62. The fraction of sp³-hybridized carbons (Fsp3) is 0.462. The summed E-state index contributed by atoms with van der Waals surface area (Å²) < 4.78 is 3.26. The van der Waals surface area contributed by atoms with Crippen LogP contribution in [0.15, 0.2) is 16.6 Å². The van der Waals surface area contributed by atoms with Crippen LogP contribution in [-0.2, 0) is 6.42 Å². The van der Waals surface area contributed by atoms with E-state index in [4.69, 9.17) is 5.73 Å². The molecular formula is C13H18BrN3. The first-order valence-electron chi connectivity index (χ1n) is 6.07. The summed E-state index contributed by atoms with van der Waals surface area (Å²) >= 11 is 3.55. The monoisotopic (exact) mass is 295 g/mol. The quantitative estimate of drug-likeness (QED) is 0.874. The Kier molecular flexibility index (Phi) is 3.72. The molecule has 0 saturated carbocycles. The first-order valence-corrected chi connectivity index (χ1v) is 6.86. The molecular weight excluding hydrogens is 278 g/mol. The molecule has 0 spiro atoms. The number of fused-ring (bicyclic) bond motifs is 1. The van der Waals surface area contributed by atoms with E-state index in [0.29, 0.717) is 5.82 Å². The van der Waals surface area contributed by atoms with Crippen molar-refractivity contribution < 1.29 is 0 Å². The Morgan fingerprint density at radius 3 is 2.82 bits per heavy atom. The van der Waals surface area contributed by atoms with Crippen LogP contribution in [0.25, 0.3) is 5.65 Å². The Morgan fingerprint density at radius 2 is 2.12 bits per heavy atom. The smallest absolute Gasteiger partial charge is 0.145 e. The van der Waals surface area contributed by atoms with Crippen molar-refractivity contribution in [2.75, 3.05) is 5.73 Å². The van der Waals surface area contributed by atoms with Gasteiger partial charge in [0, 0.05) is 10.2 Å². The van der Waals surface area contributed by atoms with Crippen LogP contribution in [-0.4, -0.2) is 9.38 Å². The van der Waals surface area contributed by atoms with Gasteiger partial charge in [-0.15, -0.1) is 0 Å². The van der Waals surface area contributed by atoms with Crippen LogP contribution in [0.5, 0.6) is 0 Å². The Morgan fingerprint density at radius 1 is 1.35 bits per heavy atom. The van der Waals surface area contributed by atoms with Gasteiger partial charge in [0.2, 0.25) is 0 Å². The highest BCUT2D eigenvalue weighted by molar-refractivity contribution is 9.10. The fourth-order valence-corrected chi connectivity index (χ4v) is 2.44. The first kappa shape index (κ1) is 12.4. The molecule has 3 nitrogen and oxygen atoms in total. The van der Waals surface area contributed by atoms with Gasteiger partial charge in [-0.3, -0.25) is 4.40 Å². The lowest BCUT2D eigenvalue weighted by molar-refractivity contribution is 0.703. The van der Waals surface area contributed by atoms with Crippen LogP contribution in [0, 0.1) is 6.92 Å². The molecule has 2 aromatic rings. The molecule has 0 bridgehead atoms. The second kappa shape index (κ2) is 5.08. The predicted octanol–water partition coefficient (Wildman–Crippen LogP) is 3.72. The molecule has 2 heterocycles. The summed E-state index contributed by atoms with van der Waals surface area (Å²) in [5.74, 6) is 0.669. The van der Waals surface area contributed by atoms with Gasteiger partial charge in [0.1, 0.15) is 11.5 Å². The molecule has 0 aliphatic rings. The molecule has 0 unspecified atom stereocenters. The van der Waals surface area contributed by atoms with E-state index in [2.05, 4.69) is 39.2 Å². The van der Waals surface area contributed by atoms with E-state index >= 15 is 0 Å². The summed E-state index contributed by atoms with van der Waals surface area (Å²) in [6.45, 7) is 4.29. The number of nitrogen functional groups attached to an aromatic ring is 1. The van der Waals surface area contributed by atoms with Gasteiger partial charge in [-0.05, 0) is 47.8 Å².